The van der Waals surface area contributed by atoms with E-state index in [9.17, 15) is 18.0 Å². The highest BCUT2D eigenvalue weighted by molar-refractivity contribution is 6.32. The standard InChI is InChI=1S/C17H12Cl2F3NO2/c1-25-15-8-10(2-6-13(15)18)3-7-16(24)23-11-4-5-12(14(19)9-11)17(20,21)22/h2-9H,1H3,(H,23,24). The Hall–Kier alpha value is -2.18. The van der Waals surface area contributed by atoms with E-state index in [1.807, 2.05) is 0 Å². The average molecular weight is 390 g/mol. The molecule has 0 aliphatic rings. The Morgan fingerprint density at radius 3 is 2.44 bits per heavy atom. The fraction of sp³-hybridized carbons (Fsp3) is 0.118. The molecule has 2 aromatic carbocycles. The molecule has 0 saturated carbocycles. The van der Waals surface area contributed by atoms with Crippen LogP contribution in [0.1, 0.15) is 11.1 Å². The van der Waals surface area contributed by atoms with Crippen molar-refractivity contribution >= 4 is 40.9 Å². The molecule has 0 aliphatic carbocycles. The Morgan fingerprint density at radius 1 is 1.12 bits per heavy atom. The number of ether oxygens (including phenoxy) is 1. The summed E-state index contributed by atoms with van der Waals surface area (Å²) in [6, 6.07) is 7.93. The molecular weight excluding hydrogens is 378 g/mol. The molecule has 8 heteroatoms. The van der Waals surface area contributed by atoms with Crippen molar-refractivity contribution in [3.05, 3.63) is 63.6 Å². The highest BCUT2D eigenvalue weighted by atomic mass is 35.5. The van der Waals surface area contributed by atoms with E-state index >= 15 is 0 Å². The molecule has 1 N–H and O–H groups in total. The molecule has 1 amide bonds. The number of amides is 1. The van der Waals surface area contributed by atoms with E-state index in [2.05, 4.69) is 5.32 Å². The lowest BCUT2D eigenvalue weighted by atomic mass is 10.2. The number of nitrogens with one attached hydrogen (secondary N) is 1. The number of rotatable bonds is 4. The molecule has 0 bridgehead atoms. The predicted molar refractivity (Wildman–Crippen MR) is 92.1 cm³/mol. The van der Waals surface area contributed by atoms with Crippen molar-refractivity contribution in [1.29, 1.82) is 0 Å². The second kappa shape index (κ2) is 7.80. The van der Waals surface area contributed by atoms with E-state index < -0.39 is 22.7 Å². The topological polar surface area (TPSA) is 38.3 Å². The van der Waals surface area contributed by atoms with Gasteiger partial charge in [-0.2, -0.15) is 13.2 Å². The van der Waals surface area contributed by atoms with E-state index in [-0.39, 0.29) is 5.69 Å². The zero-order valence-corrected chi connectivity index (χ0v) is 14.3. The van der Waals surface area contributed by atoms with Gasteiger partial charge in [0.25, 0.3) is 0 Å². The van der Waals surface area contributed by atoms with Gasteiger partial charge in [0.2, 0.25) is 5.91 Å². The molecule has 0 heterocycles. The first kappa shape index (κ1) is 19.1. The molecule has 0 fully saturated rings. The minimum absolute atomic E-state index is 0.154. The number of hydrogen-bond donors (Lipinski definition) is 1. The second-order valence-electron chi connectivity index (χ2n) is 4.91. The van der Waals surface area contributed by atoms with Crippen LogP contribution in [0.2, 0.25) is 10.0 Å². The van der Waals surface area contributed by atoms with E-state index in [0.717, 1.165) is 18.2 Å². The van der Waals surface area contributed by atoms with Crippen LogP contribution in [-0.4, -0.2) is 13.0 Å². The molecule has 0 spiro atoms. The summed E-state index contributed by atoms with van der Waals surface area (Å²) in [6.07, 6.45) is -1.80. The first-order valence-electron chi connectivity index (χ1n) is 6.90. The molecule has 0 radical (unpaired) electrons. The normalized spacial score (nSPS) is 11.6. The van der Waals surface area contributed by atoms with Crippen LogP contribution < -0.4 is 10.1 Å². The van der Waals surface area contributed by atoms with Gasteiger partial charge in [-0.1, -0.05) is 29.3 Å². The fourth-order valence-electron chi connectivity index (χ4n) is 1.96. The van der Waals surface area contributed by atoms with Gasteiger partial charge in [0.05, 0.1) is 22.7 Å². The minimum Gasteiger partial charge on any atom is -0.495 e. The third kappa shape index (κ3) is 5.14. The molecule has 0 aliphatic heterocycles. The van der Waals surface area contributed by atoms with Crippen molar-refractivity contribution in [2.45, 2.75) is 6.18 Å². The molecule has 2 rings (SSSR count). The van der Waals surface area contributed by atoms with Gasteiger partial charge in [-0.3, -0.25) is 4.79 Å². The summed E-state index contributed by atoms with van der Waals surface area (Å²) in [5.74, 6) is -0.0662. The highest BCUT2D eigenvalue weighted by Gasteiger charge is 2.33. The minimum atomic E-state index is -4.55. The average Bonchev–Trinajstić information content (AvgIpc) is 2.53. The van der Waals surface area contributed by atoms with Crippen LogP contribution in [0, 0.1) is 0 Å². The molecule has 0 unspecified atom stereocenters. The number of alkyl halides is 3. The van der Waals surface area contributed by atoms with Crippen molar-refractivity contribution in [2.24, 2.45) is 0 Å². The molecule has 2 aromatic rings. The Balaban J connectivity index is 2.09. The number of carbonyl (C=O) groups excluding carboxylic acids is 1. The van der Waals surface area contributed by atoms with Gasteiger partial charge in [0, 0.05) is 11.8 Å². The van der Waals surface area contributed by atoms with Crippen LogP contribution in [0.25, 0.3) is 6.08 Å². The predicted octanol–water partition coefficient (Wildman–Crippen LogP) is 5.67. The van der Waals surface area contributed by atoms with Crippen LogP contribution in [0.4, 0.5) is 18.9 Å². The van der Waals surface area contributed by atoms with Crippen molar-refractivity contribution in [3.8, 4) is 5.75 Å². The van der Waals surface area contributed by atoms with Gasteiger partial charge in [-0.25, -0.2) is 0 Å². The van der Waals surface area contributed by atoms with Crippen molar-refractivity contribution in [2.75, 3.05) is 12.4 Å². The molecule has 0 aromatic heterocycles. The first-order chi connectivity index (χ1) is 11.7. The van der Waals surface area contributed by atoms with Gasteiger partial charge < -0.3 is 10.1 Å². The molecule has 25 heavy (non-hydrogen) atoms. The number of anilines is 1. The number of methoxy groups -OCH3 is 1. The van der Waals surface area contributed by atoms with Gasteiger partial charge in [0.15, 0.2) is 0 Å². The van der Waals surface area contributed by atoms with Crippen LogP contribution >= 0.6 is 23.2 Å². The van der Waals surface area contributed by atoms with Gasteiger partial charge in [-0.15, -0.1) is 0 Å². The summed E-state index contributed by atoms with van der Waals surface area (Å²) in [5.41, 5.74) is -0.140. The smallest absolute Gasteiger partial charge is 0.417 e. The van der Waals surface area contributed by atoms with E-state index in [4.69, 9.17) is 27.9 Å². The molecule has 3 nitrogen and oxygen atoms in total. The van der Waals surface area contributed by atoms with Crippen LogP contribution in [0.3, 0.4) is 0 Å². The second-order valence-corrected chi connectivity index (χ2v) is 5.72. The first-order valence-corrected chi connectivity index (χ1v) is 7.65. The summed E-state index contributed by atoms with van der Waals surface area (Å²) in [6.45, 7) is 0. The lowest BCUT2D eigenvalue weighted by molar-refractivity contribution is -0.137. The Labute approximate surface area is 152 Å². The number of carbonyl (C=O) groups is 1. The SMILES string of the molecule is COc1cc(C=CC(=O)Nc2ccc(C(F)(F)F)c(Cl)c2)ccc1Cl. The van der Waals surface area contributed by atoms with Gasteiger partial charge in [-0.05, 0) is 42.0 Å². The fourth-order valence-corrected chi connectivity index (χ4v) is 2.44. The summed E-state index contributed by atoms with van der Waals surface area (Å²) in [4.78, 5) is 11.9. The monoisotopic (exact) mass is 389 g/mol. The third-order valence-corrected chi connectivity index (χ3v) is 3.77. The van der Waals surface area contributed by atoms with Crippen LogP contribution in [0.15, 0.2) is 42.5 Å². The summed E-state index contributed by atoms with van der Waals surface area (Å²) in [5, 5.41) is 2.38. The van der Waals surface area contributed by atoms with E-state index in [1.54, 1.807) is 18.2 Å². The van der Waals surface area contributed by atoms with Crippen molar-refractivity contribution in [3.63, 3.8) is 0 Å². The summed E-state index contributed by atoms with van der Waals surface area (Å²) >= 11 is 11.5. The zero-order valence-electron chi connectivity index (χ0n) is 12.8. The largest absolute Gasteiger partial charge is 0.495 e. The lowest BCUT2D eigenvalue weighted by Gasteiger charge is -2.10. The van der Waals surface area contributed by atoms with E-state index in [1.165, 1.54) is 19.3 Å². The maximum Gasteiger partial charge on any atom is 0.417 e. The lowest BCUT2D eigenvalue weighted by Crippen LogP contribution is -2.10. The highest BCUT2D eigenvalue weighted by Crippen LogP contribution is 2.35. The Kier molecular flexibility index (Phi) is 5.98. The maximum absolute atomic E-state index is 12.6. The third-order valence-electron chi connectivity index (χ3n) is 3.14. The molecule has 132 valence electrons. The Bertz CT molecular complexity index is 820. The Morgan fingerprint density at radius 2 is 1.84 bits per heavy atom. The van der Waals surface area contributed by atoms with Crippen molar-refractivity contribution in [1.82, 2.24) is 0 Å². The zero-order chi connectivity index (χ0) is 18.6. The van der Waals surface area contributed by atoms with Crippen molar-refractivity contribution < 1.29 is 22.7 Å². The summed E-state index contributed by atoms with van der Waals surface area (Å²) in [7, 11) is 1.47. The van der Waals surface area contributed by atoms with Gasteiger partial charge in [0.1, 0.15) is 5.75 Å². The van der Waals surface area contributed by atoms with Crippen LogP contribution in [-0.2, 0) is 11.0 Å². The van der Waals surface area contributed by atoms with E-state index in [0.29, 0.717) is 16.3 Å². The maximum atomic E-state index is 12.6. The number of benzene rings is 2. The quantitative estimate of drug-likeness (QED) is 0.683. The number of hydrogen-bond acceptors (Lipinski definition) is 2. The molecule has 0 saturated heterocycles. The van der Waals surface area contributed by atoms with Gasteiger partial charge >= 0.3 is 6.18 Å². The molecule has 0 atom stereocenters. The number of halogens is 5. The molecular formula is C17H12Cl2F3NO2. The van der Waals surface area contributed by atoms with Crippen LogP contribution in [0.5, 0.6) is 5.75 Å². The summed E-state index contributed by atoms with van der Waals surface area (Å²) < 4.78 is 43.0.